The Morgan fingerprint density at radius 3 is 3.06 bits per heavy atom. The van der Waals surface area contributed by atoms with Crippen LogP contribution >= 0.6 is 0 Å². The highest BCUT2D eigenvalue weighted by Gasteiger charge is 2.15. The maximum absolute atomic E-state index is 11.7. The van der Waals surface area contributed by atoms with E-state index in [2.05, 4.69) is 16.2 Å². The van der Waals surface area contributed by atoms with Crippen molar-refractivity contribution in [2.75, 3.05) is 0 Å². The first-order valence-corrected chi connectivity index (χ1v) is 5.07. The van der Waals surface area contributed by atoms with Crippen LogP contribution in [0.5, 0.6) is 5.75 Å². The summed E-state index contributed by atoms with van der Waals surface area (Å²) in [6, 6.07) is 2.90. The van der Waals surface area contributed by atoms with E-state index in [4.69, 9.17) is 6.42 Å². The van der Waals surface area contributed by atoms with E-state index in [9.17, 15) is 9.90 Å². The van der Waals surface area contributed by atoms with Gasteiger partial charge in [-0.3, -0.25) is 4.79 Å². The van der Waals surface area contributed by atoms with Gasteiger partial charge in [-0.1, -0.05) is 6.92 Å². The molecule has 0 aliphatic rings. The van der Waals surface area contributed by atoms with E-state index >= 15 is 0 Å². The number of nitrogens with zero attached hydrogens (tertiary/aromatic N) is 1. The quantitative estimate of drug-likeness (QED) is 0.749. The Balaban J connectivity index is 2.73. The zero-order valence-electron chi connectivity index (χ0n) is 9.10. The second-order valence-electron chi connectivity index (χ2n) is 3.36. The van der Waals surface area contributed by atoms with Gasteiger partial charge in [-0.2, -0.15) is 0 Å². The van der Waals surface area contributed by atoms with Gasteiger partial charge in [0, 0.05) is 18.7 Å². The largest absolute Gasteiger partial charge is 0.505 e. The first-order valence-electron chi connectivity index (χ1n) is 5.07. The van der Waals surface area contributed by atoms with Crippen molar-refractivity contribution in [3.63, 3.8) is 0 Å². The predicted molar refractivity (Wildman–Crippen MR) is 60.9 cm³/mol. The van der Waals surface area contributed by atoms with E-state index in [1.54, 1.807) is 6.07 Å². The molecule has 1 rings (SSSR count). The number of rotatable bonds is 4. The molecule has 1 aromatic heterocycles. The van der Waals surface area contributed by atoms with Gasteiger partial charge >= 0.3 is 0 Å². The molecular weight excluding hydrogens is 204 g/mol. The van der Waals surface area contributed by atoms with Crippen molar-refractivity contribution in [1.82, 2.24) is 10.3 Å². The normalized spacial score (nSPS) is 11.5. The molecule has 0 radical (unpaired) electrons. The lowest BCUT2D eigenvalue weighted by atomic mass is 10.1. The summed E-state index contributed by atoms with van der Waals surface area (Å²) in [7, 11) is 0. The Hall–Kier alpha value is -2.02. The highest BCUT2D eigenvalue weighted by Crippen LogP contribution is 2.12. The third kappa shape index (κ3) is 2.99. The number of amides is 1. The second-order valence-corrected chi connectivity index (χ2v) is 3.36. The summed E-state index contributed by atoms with van der Waals surface area (Å²) in [6.45, 7) is 1.93. The number of carbonyl (C=O) groups excluding carboxylic acids is 1. The van der Waals surface area contributed by atoms with Crippen molar-refractivity contribution in [1.29, 1.82) is 0 Å². The van der Waals surface area contributed by atoms with Gasteiger partial charge < -0.3 is 10.4 Å². The van der Waals surface area contributed by atoms with Crippen molar-refractivity contribution >= 4 is 5.91 Å². The molecule has 1 aromatic rings. The average Bonchev–Trinajstić information content (AvgIpc) is 2.28. The number of hydrogen-bond acceptors (Lipinski definition) is 3. The van der Waals surface area contributed by atoms with E-state index < -0.39 is 5.91 Å². The first kappa shape index (κ1) is 12.1. The fourth-order valence-electron chi connectivity index (χ4n) is 1.27. The van der Waals surface area contributed by atoms with Crippen LogP contribution in [0.15, 0.2) is 18.3 Å². The molecule has 1 amide bonds. The Morgan fingerprint density at radius 2 is 2.50 bits per heavy atom. The molecule has 4 nitrogen and oxygen atoms in total. The van der Waals surface area contributed by atoms with Gasteiger partial charge in [-0.05, 0) is 18.6 Å². The number of aromatic nitrogens is 1. The minimum absolute atomic E-state index is 0.0259. The van der Waals surface area contributed by atoms with Crippen molar-refractivity contribution in [3.05, 3.63) is 24.0 Å². The molecule has 0 aromatic carbocycles. The Kier molecular flexibility index (Phi) is 4.34. The molecule has 0 aliphatic carbocycles. The van der Waals surface area contributed by atoms with Crippen LogP contribution in [0.4, 0.5) is 0 Å². The van der Waals surface area contributed by atoms with Crippen LogP contribution in [-0.4, -0.2) is 22.0 Å². The van der Waals surface area contributed by atoms with Gasteiger partial charge in [0.1, 0.15) is 5.75 Å². The highest BCUT2D eigenvalue weighted by molar-refractivity contribution is 5.94. The van der Waals surface area contributed by atoms with Crippen molar-refractivity contribution in [2.45, 2.75) is 25.8 Å². The summed E-state index contributed by atoms with van der Waals surface area (Å²) in [5, 5.41) is 12.2. The van der Waals surface area contributed by atoms with Crippen LogP contribution in [0.1, 0.15) is 30.3 Å². The topological polar surface area (TPSA) is 62.2 Å². The Bertz CT molecular complexity index is 410. The maximum atomic E-state index is 11.7. The zero-order valence-corrected chi connectivity index (χ0v) is 9.10. The summed E-state index contributed by atoms with van der Waals surface area (Å²) in [5.41, 5.74) is 0.0259. The molecule has 2 N–H and O–H groups in total. The summed E-state index contributed by atoms with van der Waals surface area (Å²) >= 11 is 0. The number of terminal acetylenes is 1. The average molecular weight is 218 g/mol. The molecule has 0 aliphatic heterocycles. The van der Waals surface area contributed by atoms with E-state index in [1.807, 2.05) is 6.92 Å². The van der Waals surface area contributed by atoms with Crippen LogP contribution in [-0.2, 0) is 0 Å². The van der Waals surface area contributed by atoms with Gasteiger partial charge in [0.25, 0.3) is 5.91 Å². The summed E-state index contributed by atoms with van der Waals surface area (Å²) in [5.74, 6) is 1.96. The summed E-state index contributed by atoms with van der Waals surface area (Å²) < 4.78 is 0. The molecule has 4 heteroatoms. The number of carbonyl (C=O) groups is 1. The minimum Gasteiger partial charge on any atom is -0.505 e. The highest BCUT2D eigenvalue weighted by atomic mass is 16.3. The van der Waals surface area contributed by atoms with E-state index in [0.717, 1.165) is 6.42 Å². The fourth-order valence-corrected chi connectivity index (χ4v) is 1.27. The lowest BCUT2D eigenvalue weighted by molar-refractivity contribution is 0.0928. The third-order valence-corrected chi connectivity index (χ3v) is 2.19. The Labute approximate surface area is 94.7 Å². The second kappa shape index (κ2) is 5.76. The molecule has 84 valence electrons. The standard InChI is InChI=1S/C12H14N2O2/c1-3-6-9(4-2)14-12(16)11-10(15)7-5-8-13-11/h1,5,7-9,15H,4,6H2,2H3,(H,14,16). The van der Waals surface area contributed by atoms with Gasteiger partial charge in [0.15, 0.2) is 5.69 Å². The minimum atomic E-state index is -0.403. The van der Waals surface area contributed by atoms with Gasteiger partial charge in [-0.15, -0.1) is 12.3 Å². The zero-order chi connectivity index (χ0) is 12.0. The lowest BCUT2D eigenvalue weighted by Crippen LogP contribution is -2.34. The molecule has 0 saturated heterocycles. The SMILES string of the molecule is C#CCC(CC)NC(=O)c1ncccc1O. The van der Waals surface area contributed by atoms with Gasteiger partial charge in [-0.25, -0.2) is 4.98 Å². The first-order chi connectivity index (χ1) is 7.69. The smallest absolute Gasteiger partial charge is 0.273 e. The summed E-state index contributed by atoms with van der Waals surface area (Å²) in [6.07, 6.45) is 7.85. The fraction of sp³-hybridized carbons (Fsp3) is 0.333. The van der Waals surface area contributed by atoms with E-state index in [0.29, 0.717) is 6.42 Å². The molecule has 0 fully saturated rings. The lowest BCUT2D eigenvalue weighted by Gasteiger charge is -2.13. The molecule has 0 bridgehead atoms. The molecule has 0 spiro atoms. The predicted octanol–water partition coefficient (Wildman–Crippen LogP) is 1.32. The van der Waals surface area contributed by atoms with Crippen molar-refractivity contribution in [3.8, 4) is 18.1 Å². The molecule has 1 unspecified atom stereocenters. The molecule has 1 atom stereocenters. The van der Waals surface area contributed by atoms with Crippen LogP contribution in [0.2, 0.25) is 0 Å². The third-order valence-electron chi connectivity index (χ3n) is 2.19. The molecule has 16 heavy (non-hydrogen) atoms. The van der Waals surface area contributed by atoms with E-state index in [-0.39, 0.29) is 17.5 Å². The Morgan fingerprint density at radius 1 is 1.75 bits per heavy atom. The van der Waals surface area contributed by atoms with Gasteiger partial charge in [0.2, 0.25) is 0 Å². The van der Waals surface area contributed by atoms with Crippen LogP contribution in [0.3, 0.4) is 0 Å². The van der Waals surface area contributed by atoms with Crippen LogP contribution < -0.4 is 5.32 Å². The van der Waals surface area contributed by atoms with E-state index in [1.165, 1.54) is 12.3 Å². The number of pyridine rings is 1. The molecule has 0 saturated carbocycles. The van der Waals surface area contributed by atoms with Crippen LogP contribution in [0, 0.1) is 12.3 Å². The number of hydrogen-bond donors (Lipinski definition) is 2. The molecule has 1 heterocycles. The number of aromatic hydroxyl groups is 1. The summed E-state index contributed by atoms with van der Waals surface area (Å²) in [4.78, 5) is 15.5. The van der Waals surface area contributed by atoms with Crippen molar-refractivity contribution in [2.24, 2.45) is 0 Å². The van der Waals surface area contributed by atoms with Gasteiger partial charge in [0.05, 0.1) is 0 Å². The van der Waals surface area contributed by atoms with Crippen LogP contribution in [0.25, 0.3) is 0 Å². The monoisotopic (exact) mass is 218 g/mol. The van der Waals surface area contributed by atoms with Crippen molar-refractivity contribution < 1.29 is 9.90 Å². The maximum Gasteiger partial charge on any atom is 0.273 e. The number of nitrogens with one attached hydrogen (secondary N) is 1. The molecular formula is C12H14N2O2.